The predicted octanol–water partition coefficient (Wildman–Crippen LogP) is 3.26. The molecule has 4 aliphatic rings. The maximum atomic E-state index is 12.1. The lowest BCUT2D eigenvalue weighted by Gasteiger charge is -2.62. The van der Waals surface area contributed by atoms with Gasteiger partial charge in [-0.2, -0.15) is 0 Å². The topological polar surface area (TPSA) is 53.1 Å². The van der Waals surface area contributed by atoms with Crippen molar-refractivity contribution >= 4 is 16.9 Å². The molecule has 1 aromatic carbocycles. The first-order valence-electron chi connectivity index (χ1n) is 8.87. The summed E-state index contributed by atoms with van der Waals surface area (Å²) in [6.45, 7) is 3.06. The molecular weight excluding hydrogens is 300 g/mol. The second-order valence-electron chi connectivity index (χ2n) is 7.92. The number of allylic oxidation sites excluding steroid dienone is 1. The highest BCUT2D eigenvalue weighted by molar-refractivity contribution is 5.85. The van der Waals surface area contributed by atoms with Gasteiger partial charge in [-0.25, -0.2) is 0 Å². The van der Waals surface area contributed by atoms with E-state index in [0.717, 1.165) is 23.9 Å². The van der Waals surface area contributed by atoms with E-state index in [1.807, 2.05) is 0 Å². The monoisotopic (exact) mass is 323 g/mol. The Kier molecular flexibility index (Phi) is 2.69. The molecule has 0 saturated carbocycles. The number of nitrogens with zero attached hydrogens (tertiary/aromatic N) is 1. The first-order chi connectivity index (χ1) is 11.5. The van der Waals surface area contributed by atoms with Crippen LogP contribution in [0.15, 0.2) is 35.9 Å². The smallest absolute Gasteiger partial charge is 0.313 e. The fourth-order valence-electron chi connectivity index (χ4n) is 5.94. The van der Waals surface area contributed by atoms with Crippen molar-refractivity contribution in [3.63, 3.8) is 0 Å². The average molecular weight is 323 g/mol. The lowest BCUT2D eigenvalue weighted by atomic mass is 9.62. The van der Waals surface area contributed by atoms with Crippen molar-refractivity contribution in [1.82, 2.24) is 4.98 Å². The van der Waals surface area contributed by atoms with Crippen molar-refractivity contribution in [2.75, 3.05) is 13.6 Å². The predicted molar refractivity (Wildman–Crippen MR) is 92.6 cm³/mol. The van der Waals surface area contributed by atoms with Gasteiger partial charge in [0.2, 0.25) is 0 Å². The highest BCUT2D eigenvalue weighted by atomic mass is 16.4. The zero-order chi connectivity index (χ0) is 16.6. The molecule has 2 N–H and O–H groups in total. The number of para-hydroxylation sites is 1. The summed E-state index contributed by atoms with van der Waals surface area (Å²) >= 11 is 0. The minimum Gasteiger partial charge on any atom is -0.481 e. The molecule has 24 heavy (non-hydrogen) atoms. The summed E-state index contributed by atoms with van der Waals surface area (Å²) in [4.78, 5) is 15.8. The number of carboxylic acids is 1. The minimum absolute atomic E-state index is 0.182. The Bertz CT molecular complexity index is 896. The fraction of sp³-hybridized carbons (Fsp3) is 0.450. The highest BCUT2D eigenvalue weighted by Crippen LogP contribution is 2.57. The van der Waals surface area contributed by atoms with E-state index in [4.69, 9.17) is 0 Å². The van der Waals surface area contributed by atoms with Gasteiger partial charge in [0.05, 0.1) is 12.7 Å². The van der Waals surface area contributed by atoms with E-state index in [1.54, 1.807) is 0 Å². The first kappa shape index (κ1) is 14.3. The van der Waals surface area contributed by atoms with Crippen LogP contribution in [0.4, 0.5) is 0 Å². The fourth-order valence-corrected chi connectivity index (χ4v) is 5.94. The van der Waals surface area contributed by atoms with Gasteiger partial charge in [0.25, 0.3) is 0 Å². The summed E-state index contributed by atoms with van der Waals surface area (Å²) in [5.41, 5.74) is 5.26. The molecule has 0 radical (unpaired) electrons. The Hall–Kier alpha value is -2.07. The molecule has 4 heteroatoms. The average Bonchev–Trinajstić information content (AvgIpc) is 2.92. The van der Waals surface area contributed by atoms with E-state index in [-0.39, 0.29) is 17.9 Å². The Balaban J connectivity index is 1.75. The maximum absolute atomic E-state index is 12.1. The van der Waals surface area contributed by atoms with Crippen LogP contribution < -0.4 is 0 Å². The molecule has 4 nitrogen and oxygen atoms in total. The number of aromatic nitrogens is 1. The Morgan fingerprint density at radius 2 is 2.17 bits per heavy atom. The van der Waals surface area contributed by atoms with Crippen molar-refractivity contribution in [2.45, 2.75) is 31.8 Å². The van der Waals surface area contributed by atoms with E-state index in [2.05, 4.69) is 49.3 Å². The molecule has 0 spiro atoms. The van der Waals surface area contributed by atoms with E-state index in [9.17, 15) is 9.90 Å². The molecule has 5 atom stereocenters. The molecule has 2 unspecified atom stereocenters. The number of carboxylic acid groups (broad SMARTS) is 1. The summed E-state index contributed by atoms with van der Waals surface area (Å²) in [5, 5.41) is 11.2. The van der Waals surface area contributed by atoms with Crippen LogP contribution in [0.3, 0.4) is 0 Å². The lowest BCUT2D eigenvalue weighted by molar-refractivity contribution is -0.977. The standard InChI is InChI=1S/C20H22N2O2/c1-3-11-10-22(2)16-9-14-12-6-4-5-7-15(12)21-19(14)17(22)8-13(11)18(16)20(23)24/h3-7,13,16-18,21H,8-10H2,1-2H3/p+1/b11-3-/t13-,16-,17-,18?,22?/m0/s1. The number of piperidine rings is 3. The third-order valence-electron chi connectivity index (χ3n) is 7.04. The molecule has 0 amide bonds. The van der Waals surface area contributed by atoms with E-state index < -0.39 is 5.97 Å². The second kappa shape index (κ2) is 4.51. The van der Waals surface area contributed by atoms with Crippen LogP contribution in [0, 0.1) is 11.8 Å². The molecule has 3 fully saturated rings. The van der Waals surface area contributed by atoms with Crippen molar-refractivity contribution in [1.29, 1.82) is 0 Å². The van der Waals surface area contributed by atoms with E-state index >= 15 is 0 Å². The number of H-pyrrole nitrogens is 1. The van der Waals surface area contributed by atoms with Gasteiger partial charge in [-0.15, -0.1) is 0 Å². The largest absolute Gasteiger partial charge is 0.481 e. The van der Waals surface area contributed by atoms with Crippen molar-refractivity contribution in [3.05, 3.63) is 47.2 Å². The van der Waals surface area contributed by atoms with Gasteiger partial charge in [-0.3, -0.25) is 4.79 Å². The Labute approximate surface area is 141 Å². The minimum atomic E-state index is -0.616. The zero-order valence-corrected chi connectivity index (χ0v) is 14.1. The molecule has 124 valence electrons. The summed E-state index contributed by atoms with van der Waals surface area (Å²) in [6.07, 6.45) is 3.98. The van der Waals surface area contributed by atoms with Gasteiger partial charge in [0, 0.05) is 29.7 Å². The van der Waals surface area contributed by atoms with E-state index in [1.165, 1.54) is 27.7 Å². The SMILES string of the molecule is C/C=C1/C[N+]2(C)[C@H]3C[C@@H]1C(C(=O)O)[C@@H]2Cc1c3[nH]c2ccccc12. The molecule has 0 aliphatic carbocycles. The highest BCUT2D eigenvalue weighted by Gasteiger charge is 2.63. The summed E-state index contributed by atoms with van der Waals surface area (Å²) in [5.74, 6) is -0.676. The molecule has 3 saturated heterocycles. The number of likely N-dealkylation sites (N-methyl/N-ethyl adjacent to an activating group) is 1. The van der Waals surface area contributed by atoms with Gasteiger partial charge >= 0.3 is 5.97 Å². The molecule has 4 aliphatic heterocycles. The Morgan fingerprint density at radius 3 is 2.92 bits per heavy atom. The number of hydrogen-bond donors (Lipinski definition) is 2. The molecule has 1 aromatic heterocycles. The molecule has 4 bridgehead atoms. The zero-order valence-electron chi connectivity index (χ0n) is 14.1. The number of hydrogen-bond acceptors (Lipinski definition) is 1. The van der Waals surface area contributed by atoms with Crippen LogP contribution in [-0.2, 0) is 11.2 Å². The van der Waals surface area contributed by atoms with Gasteiger partial charge < -0.3 is 14.6 Å². The Morgan fingerprint density at radius 1 is 1.38 bits per heavy atom. The number of aromatic amines is 1. The third kappa shape index (κ3) is 1.55. The number of aliphatic carboxylic acids is 1. The van der Waals surface area contributed by atoms with Gasteiger partial charge in [-0.05, 0) is 24.1 Å². The van der Waals surface area contributed by atoms with Crippen LogP contribution in [0.1, 0.15) is 30.6 Å². The maximum Gasteiger partial charge on any atom is 0.313 e. The summed E-state index contributed by atoms with van der Waals surface area (Å²) in [7, 11) is 2.28. The number of nitrogens with one attached hydrogen (secondary N) is 1. The molecule has 2 aromatic rings. The number of fused-ring (bicyclic) bond motifs is 4. The normalized spacial score (nSPS) is 38.5. The van der Waals surface area contributed by atoms with E-state index in [0.29, 0.717) is 6.04 Å². The number of rotatable bonds is 1. The molecule has 5 heterocycles. The number of quaternary nitrogens is 1. The van der Waals surface area contributed by atoms with Gasteiger partial charge in [-0.1, -0.05) is 24.3 Å². The number of carbonyl (C=O) groups is 1. The summed E-state index contributed by atoms with van der Waals surface area (Å²) in [6, 6.07) is 9.04. The van der Waals surface area contributed by atoms with Crippen LogP contribution in [0.5, 0.6) is 0 Å². The lowest BCUT2D eigenvalue weighted by Crippen LogP contribution is -2.71. The first-order valence-corrected chi connectivity index (χ1v) is 8.87. The van der Waals surface area contributed by atoms with Gasteiger partial charge in [0.1, 0.15) is 24.5 Å². The van der Waals surface area contributed by atoms with Crippen LogP contribution >= 0.6 is 0 Å². The molecular formula is C20H23N2O2+. The van der Waals surface area contributed by atoms with Crippen LogP contribution in [0.25, 0.3) is 10.9 Å². The van der Waals surface area contributed by atoms with Crippen molar-refractivity contribution < 1.29 is 14.4 Å². The van der Waals surface area contributed by atoms with Gasteiger partial charge in [0.15, 0.2) is 0 Å². The summed E-state index contributed by atoms with van der Waals surface area (Å²) < 4.78 is 0.854. The number of benzene rings is 1. The molecule has 6 rings (SSSR count). The van der Waals surface area contributed by atoms with Crippen LogP contribution in [0.2, 0.25) is 0 Å². The second-order valence-corrected chi connectivity index (χ2v) is 7.92. The third-order valence-corrected chi connectivity index (χ3v) is 7.04. The van der Waals surface area contributed by atoms with Crippen molar-refractivity contribution in [3.8, 4) is 0 Å². The van der Waals surface area contributed by atoms with Crippen LogP contribution in [-0.4, -0.2) is 40.2 Å². The quantitative estimate of drug-likeness (QED) is 0.625. The van der Waals surface area contributed by atoms with Crippen molar-refractivity contribution in [2.24, 2.45) is 11.8 Å².